The number of aromatic nitrogens is 4. The van der Waals surface area contributed by atoms with Crippen molar-refractivity contribution in [3.63, 3.8) is 0 Å². The molecule has 140 valence electrons. The largest absolute Gasteiger partial charge is 0.475 e. The zero-order valence-corrected chi connectivity index (χ0v) is 15.6. The summed E-state index contributed by atoms with van der Waals surface area (Å²) in [6.45, 7) is 5.97. The van der Waals surface area contributed by atoms with Crippen molar-refractivity contribution in [2.75, 3.05) is 25.1 Å². The third-order valence-corrected chi connectivity index (χ3v) is 4.94. The van der Waals surface area contributed by atoms with Gasteiger partial charge in [-0.05, 0) is 26.7 Å². The lowest BCUT2D eigenvalue weighted by molar-refractivity contribution is 0.0651. The Bertz CT molecular complexity index is 791. The van der Waals surface area contributed by atoms with Gasteiger partial charge in [0.15, 0.2) is 0 Å². The molecule has 0 aliphatic carbocycles. The van der Waals surface area contributed by atoms with E-state index in [-0.39, 0.29) is 6.10 Å². The smallest absolute Gasteiger partial charge is 0.257 e. The first-order valence-electron chi connectivity index (χ1n) is 8.87. The number of hydrogen-bond donors (Lipinski definition) is 1. The van der Waals surface area contributed by atoms with Gasteiger partial charge < -0.3 is 19.5 Å². The Hall–Kier alpha value is -2.06. The summed E-state index contributed by atoms with van der Waals surface area (Å²) in [6.07, 6.45) is 4.02. The number of fused-ring (bicyclic) bond motifs is 3. The molecule has 1 N–H and O–H groups in total. The van der Waals surface area contributed by atoms with E-state index in [1.165, 1.54) is 6.20 Å². The first-order valence-corrected chi connectivity index (χ1v) is 9.25. The summed E-state index contributed by atoms with van der Waals surface area (Å²) in [6, 6.07) is 0.304. The Morgan fingerprint density at radius 2 is 2.00 bits per heavy atom. The number of nitrogens with one attached hydrogen (secondary N) is 1. The van der Waals surface area contributed by atoms with Crippen LogP contribution in [0.2, 0.25) is 5.02 Å². The molecule has 2 aliphatic heterocycles. The third-order valence-electron chi connectivity index (χ3n) is 4.68. The van der Waals surface area contributed by atoms with E-state index in [0.29, 0.717) is 41.8 Å². The highest BCUT2D eigenvalue weighted by Crippen LogP contribution is 2.35. The summed E-state index contributed by atoms with van der Waals surface area (Å²) < 4.78 is 19.3. The molecule has 1 fully saturated rings. The molecule has 1 saturated heterocycles. The fourth-order valence-corrected chi connectivity index (χ4v) is 3.34. The van der Waals surface area contributed by atoms with Crippen molar-refractivity contribution in [2.24, 2.45) is 0 Å². The van der Waals surface area contributed by atoms with Crippen LogP contribution in [0.1, 0.15) is 37.9 Å². The van der Waals surface area contributed by atoms with Gasteiger partial charge in [0.2, 0.25) is 11.8 Å². The fraction of sp³-hybridized carbons (Fsp3) is 0.588. The fourth-order valence-electron chi connectivity index (χ4n) is 3.20. The molecule has 2 aliphatic rings. The minimum atomic E-state index is -0.0875. The number of halogens is 1. The molecule has 8 nitrogen and oxygen atoms in total. The van der Waals surface area contributed by atoms with Gasteiger partial charge in [-0.2, -0.15) is 4.98 Å². The van der Waals surface area contributed by atoms with Crippen LogP contribution < -0.4 is 14.8 Å². The summed E-state index contributed by atoms with van der Waals surface area (Å²) in [5.74, 6) is 1.33. The van der Waals surface area contributed by atoms with Crippen molar-refractivity contribution in [2.45, 2.75) is 45.3 Å². The minimum absolute atomic E-state index is 0.0875. The molecular weight excluding hydrogens is 358 g/mol. The van der Waals surface area contributed by atoms with Crippen LogP contribution in [0.5, 0.6) is 11.8 Å². The molecule has 9 heteroatoms. The van der Waals surface area contributed by atoms with Crippen LogP contribution in [-0.2, 0) is 4.74 Å². The van der Waals surface area contributed by atoms with Crippen LogP contribution >= 0.6 is 11.6 Å². The molecule has 2 aromatic rings. The number of anilines is 2. The van der Waals surface area contributed by atoms with Crippen LogP contribution in [0.4, 0.5) is 11.6 Å². The standard InChI is InChI=1S/C17H22ClN5O3/c1-10-3-8-25-16-14(20-17-19-9-13(18)15(21-17)26-10)11(2)23(22-16)12-4-6-24-7-5-12/h9-10,12H,3-8H2,1-2H3,(H,19,20,21). The Morgan fingerprint density at radius 1 is 1.19 bits per heavy atom. The molecule has 4 rings (SSSR count). The molecular formula is C17H22ClN5O3. The molecule has 0 radical (unpaired) electrons. The quantitative estimate of drug-likeness (QED) is 0.813. The lowest BCUT2D eigenvalue weighted by Crippen LogP contribution is -2.21. The molecule has 26 heavy (non-hydrogen) atoms. The predicted octanol–water partition coefficient (Wildman–Crippen LogP) is 3.28. The van der Waals surface area contributed by atoms with Crippen molar-refractivity contribution in [1.82, 2.24) is 19.7 Å². The number of ether oxygens (including phenoxy) is 3. The van der Waals surface area contributed by atoms with E-state index in [1.807, 2.05) is 18.5 Å². The number of nitrogens with zero attached hydrogens (tertiary/aromatic N) is 4. The maximum atomic E-state index is 6.16. The van der Waals surface area contributed by atoms with Gasteiger partial charge in [-0.25, -0.2) is 4.98 Å². The number of rotatable bonds is 1. The van der Waals surface area contributed by atoms with Crippen LogP contribution in [0, 0.1) is 6.92 Å². The first kappa shape index (κ1) is 17.4. The molecule has 1 atom stereocenters. The maximum Gasteiger partial charge on any atom is 0.257 e. The molecule has 0 aromatic carbocycles. The normalized spacial score (nSPS) is 21.0. The lowest BCUT2D eigenvalue weighted by atomic mass is 10.1. The van der Waals surface area contributed by atoms with Gasteiger partial charge in [-0.15, -0.1) is 5.10 Å². The summed E-state index contributed by atoms with van der Waals surface area (Å²) in [5, 5.41) is 8.33. The van der Waals surface area contributed by atoms with Gasteiger partial charge in [-0.1, -0.05) is 11.6 Å². The van der Waals surface area contributed by atoms with Gasteiger partial charge in [0.25, 0.3) is 5.88 Å². The Morgan fingerprint density at radius 3 is 2.81 bits per heavy atom. The van der Waals surface area contributed by atoms with Gasteiger partial charge in [0.05, 0.1) is 24.5 Å². The Labute approximate surface area is 156 Å². The van der Waals surface area contributed by atoms with E-state index in [9.17, 15) is 0 Å². The van der Waals surface area contributed by atoms with Crippen molar-refractivity contribution >= 4 is 23.2 Å². The van der Waals surface area contributed by atoms with E-state index in [1.54, 1.807) is 0 Å². The molecule has 0 saturated carbocycles. The SMILES string of the molecule is Cc1c2c(nn1C1CCOCC1)OCCC(C)Oc1nc(ncc1Cl)N2. The van der Waals surface area contributed by atoms with E-state index >= 15 is 0 Å². The summed E-state index contributed by atoms with van der Waals surface area (Å²) in [5.41, 5.74) is 1.76. The van der Waals surface area contributed by atoms with E-state index < -0.39 is 0 Å². The van der Waals surface area contributed by atoms with E-state index in [2.05, 4.69) is 15.3 Å². The average molecular weight is 380 g/mol. The monoisotopic (exact) mass is 379 g/mol. The molecule has 0 spiro atoms. The zero-order valence-electron chi connectivity index (χ0n) is 14.9. The minimum Gasteiger partial charge on any atom is -0.475 e. The summed E-state index contributed by atoms with van der Waals surface area (Å²) >= 11 is 6.16. The molecule has 1 unspecified atom stereocenters. The second-order valence-electron chi connectivity index (χ2n) is 6.59. The second kappa shape index (κ2) is 7.28. The molecule has 2 bridgehead atoms. The Balaban J connectivity index is 1.72. The van der Waals surface area contributed by atoms with Gasteiger partial charge >= 0.3 is 0 Å². The third kappa shape index (κ3) is 3.43. The summed E-state index contributed by atoms with van der Waals surface area (Å²) in [4.78, 5) is 8.65. The van der Waals surface area contributed by atoms with Crippen molar-refractivity contribution < 1.29 is 14.2 Å². The molecule has 0 amide bonds. The van der Waals surface area contributed by atoms with Crippen LogP contribution in [0.15, 0.2) is 6.20 Å². The highest BCUT2D eigenvalue weighted by atomic mass is 35.5. The molecule has 2 aromatic heterocycles. The number of hydrogen-bond acceptors (Lipinski definition) is 7. The van der Waals surface area contributed by atoms with Crippen LogP contribution in [0.3, 0.4) is 0 Å². The van der Waals surface area contributed by atoms with Gasteiger partial charge in [-0.3, -0.25) is 4.68 Å². The highest BCUT2D eigenvalue weighted by molar-refractivity contribution is 6.31. The maximum absolute atomic E-state index is 6.16. The lowest BCUT2D eigenvalue weighted by Gasteiger charge is -2.23. The highest BCUT2D eigenvalue weighted by Gasteiger charge is 2.25. The molecule has 4 heterocycles. The van der Waals surface area contributed by atoms with Crippen LogP contribution in [-0.4, -0.2) is 45.7 Å². The van der Waals surface area contributed by atoms with E-state index in [4.69, 9.17) is 30.9 Å². The average Bonchev–Trinajstić information content (AvgIpc) is 2.93. The topological polar surface area (TPSA) is 83.3 Å². The van der Waals surface area contributed by atoms with Crippen LogP contribution in [0.25, 0.3) is 0 Å². The zero-order chi connectivity index (χ0) is 18.1. The first-order chi connectivity index (χ1) is 12.6. The predicted molar refractivity (Wildman–Crippen MR) is 96.6 cm³/mol. The van der Waals surface area contributed by atoms with Gasteiger partial charge in [0.1, 0.15) is 16.8 Å². The van der Waals surface area contributed by atoms with E-state index in [0.717, 1.165) is 37.4 Å². The second-order valence-corrected chi connectivity index (χ2v) is 7.00. The van der Waals surface area contributed by atoms with Crippen molar-refractivity contribution in [3.8, 4) is 11.8 Å². The Kier molecular flexibility index (Phi) is 4.86. The van der Waals surface area contributed by atoms with Gasteiger partial charge in [0, 0.05) is 19.6 Å². The van der Waals surface area contributed by atoms with Crippen molar-refractivity contribution in [3.05, 3.63) is 16.9 Å². The van der Waals surface area contributed by atoms with Crippen molar-refractivity contribution in [1.29, 1.82) is 0 Å². The summed E-state index contributed by atoms with van der Waals surface area (Å²) in [7, 11) is 0.